The summed E-state index contributed by atoms with van der Waals surface area (Å²) in [6, 6.07) is 7.78. The standard InChI is InChI=1S/C18H22N4O3S/c19-7-3-6-16(23)22-10-8-21(9-11-22)14-5-2-1-4-13(14)12-15-17(24)20-18(25)26-15/h1-2,4-5,12H,3,6-11,19H2,(H,20,24,25)/b15-12+. The number of carbonyl (C=O) groups excluding carboxylic acids is 3. The van der Waals surface area contributed by atoms with Gasteiger partial charge in [0.25, 0.3) is 11.1 Å². The zero-order valence-corrected chi connectivity index (χ0v) is 15.3. The number of nitrogens with zero attached hydrogens (tertiary/aromatic N) is 2. The molecule has 0 saturated carbocycles. The molecule has 138 valence electrons. The van der Waals surface area contributed by atoms with Crippen LogP contribution >= 0.6 is 11.8 Å². The second-order valence-corrected chi connectivity index (χ2v) is 7.19. The van der Waals surface area contributed by atoms with Gasteiger partial charge < -0.3 is 15.5 Å². The molecule has 0 atom stereocenters. The van der Waals surface area contributed by atoms with Crippen LogP contribution in [-0.4, -0.2) is 54.7 Å². The van der Waals surface area contributed by atoms with Gasteiger partial charge in [0.15, 0.2) is 0 Å². The number of nitrogens with two attached hydrogens (primary N) is 1. The second-order valence-electron chi connectivity index (χ2n) is 6.17. The van der Waals surface area contributed by atoms with Crippen molar-refractivity contribution in [1.29, 1.82) is 0 Å². The summed E-state index contributed by atoms with van der Waals surface area (Å²) in [5.41, 5.74) is 7.36. The molecule has 0 spiro atoms. The van der Waals surface area contributed by atoms with Crippen LogP contribution in [0.1, 0.15) is 18.4 Å². The summed E-state index contributed by atoms with van der Waals surface area (Å²) in [5.74, 6) is -0.201. The molecule has 2 saturated heterocycles. The molecular formula is C18H22N4O3S. The van der Waals surface area contributed by atoms with E-state index < -0.39 is 0 Å². The lowest BCUT2D eigenvalue weighted by Crippen LogP contribution is -2.49. The van der Waals surface area contributed by atoms with Crippen molar-refractivity contribution < 1.29 is 14.4 Å². The first-order valence-electron chi connectivity index (χ1n) is 8.65. The van der Waals surface area contributed by atoms with E-state index in [2.05, 4.69) is 10.2 Å². The number of amides is 3. The molecular weight excluding hydrogens is 352 g/mol. The molecule has 2 heterocycles. The minimum atomic E-state index is -0.356. The molecule has 1 aromatic rings. The van der Waals surface area contributed by atoms with E-state index in [9.17, 15) is 14.4 Å². The maximum atomic E-state index is 12.1. The SMILES string of the molecule is NCCCC(=O)N1CCN(c2ccccc2/C=C2/SC(=O)NC2=O)CC1. The van der Waals surface area contributed by atoms with Gasteiger partial charge in [-0.2, -0.15) is 0 Å². The van der Waals surface area contributed by atoms with Crippen molar-refractivity contribution in [3.63, 3.8) is 0 Å². The number of rotatable bonds is 5. The minimum absolute atomic E-state index is 0.156. The quantitative estimate of drug-likeness (QED) is 0.757. The van der Waals surface area contributed by atoms with E-state index in [0.29, 0.717) is 37.4 Å². The van der Waals surface area contributed by atoms with Crippen LogP contribution in [0.15, 0.2) is 29.2 Å². The summed E-state index contributed by atoms with van der Waals surface area (Å²) in [6.07, 6.45) is 2.96. The van der Waals surface area contributed by atoms with Gasteiger partial charge in [-0.1, -0.05) is 18.2 Å². The van der Waals surface area contributed by atoms with E-state index in [1.54, 1.807) is 6.08 Å². The van der Waals surface area contributed by atoms with E-state index in [1.165, 1.54) is 0 Å². The predicted molar refractivity (Wildman–Crippen MR) is 103 cm³/mol. The number of hydrogen-bond donors (Lipinski definition) is 2. The highest BCUT2D eigenvalue weighted by atomic mass is 32.2. The Labute approximate surface area is 156 Å². The zero-order valence-electron chi connectivity index (χ0n) is 14.4. The Balaban J connectivity index is 1.70. The molecule has 2 fully saturated rings. The van der Waals surface area contributed by atoms with Gasteiger partial charge in [-0.15, -0.1) is 0 Å². The molecule has 1 aromatic carbocycles. The van der Waals surface area contributed by atoms with Crippen LogP contribution < -0.4 is 16.0 Å². The highest BCUT2D eigenvalue weighted by Gasteiger charge is 2.26. The fourth-order valence-electron chi connectivity index (χ4n) is 3.07. The highest BCUT2D eigenvalue weighted by molar-refractivity contribution is 8.18. The average molecular weight is 374 g/mol. The van der Waals surface area contributed by atoms with Crippen LogP contribution in [0, 0.1) is 0 Å². The van der Waals surface area contributed by atoms with Gasteiger partial charge >= 0.3 is 0 Å². The maximum Gasteiger partial charge on any atom is 0.290 e. The summed E-state index contributed by atoms with van der Waals surface area (Å²) in [6.45, 7) is 3.32. The van der Waals surface area contributed by atoms with Crippen molar-refractivity contribution in [2.45, 2.75) is 12.8 Å². The Bertz CT molecular complexity index is 742. The van der Waals surface area contributed by atoms with Gasteiger partial charge in [-0.25, -0.2) is 0 Å². The Morgan fingerprint density at radius 1 is 1.19 bits per heavy atom. The van der Waals surface area contributed by atoms with Gasteiger partial charge in [-0.3, -0.25) is 19.7 Å². The zero-order chi connectivity index (χ0) is 18.5. The molecule has 3 rings (SSSR count). The van der Waals surface area contributed by atoms with E-state index in [-0.39, 0.29) is 17.1 Å². The van der Waals surface area contributed by atoms with E-state index >= 15 is 0 Å². The Hall–Kier alpha value is -2.32. The molecule has 0 unspecified atom stereocenters. The van der Waals surface area contributed by atoms with Crippen molar-refractivity contribution in [3.05, 3.63) is 34.7 Å². The molecule has 3 amide bonds. The smallest absolute Gasteiger partial charge is 0.290 e. The van der Waals surface area contributed by atoms with Crippen LogP contribution in [0.2, 0.25) is 0 Å². The number of hydrogen-bond acceptors (Lipinski definition) is 6. The summed E-state index contributed by atoms with van der Waals surface area (Å²) in [5, 5.41) is 1.93. The first kappa shape index (κ1) is 18.5. The Morgan fingerprint density at radius 2 is 1.92 bits per heavy atom. The number of piperazine rings is 1. The number of carbonyl (C=O) groups is 3. The molecule has 0 aromatic heterocycles. The van der Waals surface area contributed by atoms with Crippen molar-refractivity contribution >= 4 is 40.6 Å². The first-order chi connectivity index (χ1) is 12.6. The lowest BCUT2D eigenvalue weighted by atomic mass is 10.1. The first-order valence-corrected chi connectivity index (χ1v) is 9.47. The number of thioether (sulfide) groups is 1. The molecule has 7 nitrogen and oxygen atoms in total. The second kappa shape index (κ2) is 8.37. The van der Waals surface area contributed by atoms with Crippen molar-refractivity contribution in [1.82, 2.24) is 10.2 Å². The molecule has 8 heteroatoms. The van der Waals surface area contributed by atoms with Crippen LogP contribution in [0.3, 0.4) is 0 Å². The van der Waals surface area contributed by atoms with Crippen LogP contribution in [0.5, 0.6) is 0 Å². The largest absolute Gasteiger partial charge is 0.367 e. The molecule has 2 aliphatic rings. The fraction of sp³-hybridized carbons (Fsp3) is 0.389. The van der Waals surface area contributed by atoms with Gasteiger partial charge in [0.2, 0.25) is 5.91 Å². The summed E-state index contributed by atoms with van der Waals surface area (Å²) >= 11 is 0.916. The van der Waals surface area contributed by atoms with Crippen LogP contribution in [0.4, 0.5) is 10.5 Å². The third-order valence-electron chi connectivity index (χ3n) is 4.43. The highest BCUT2D eigenvalue weighted by Crippen LogP contribution is 2.30. The summed E-state index contributed by atoms with van der Waals surface area (Å²) < 4.78 is 0. The topological polar surface area (TPSA) is 95.7 Å². The van der Waals surface area contributed by atoms with E-state index in [4.69, 9.17) is 5.73 Å². The molecule has 26 heavy (non-hydrogen) atoms. The predicted octanol–water partition coefficient (Wildman–Crippen LogP) is 1.40. The van der Waals surface area contributed by atoms with E-state index in [1.807, 2.05) is 29.2 Å². The summed E-state index contributed by atoms with van der Waals surface area (Å²) in [4.78, 5) is 39.8. The van der Waals surface area contributed by atoms with Gasteiger partial charge in [-0.05, 0) is 42.4 Å². The van der Waals surface area contributed by atoms with Crippen LogP contribution in [-0.2, 0) is 9.59 Å². The number of anilines is 1. The molecule has 0 bridgehead atoms. The van der Waals surface area contributed by atoms with Crippen molar-refractivity contribution in [2.24, 2.45) is 5.73 Å². The van der Waals surface area contributed by atoms with Gasteiger partial charge in [0.05, 0.1) is 4.91 Å². The molecule has 0 radical (unpaired) electrons. The Morgan fingerprint density at radius 3 is 2.58 bits per heavy atom. The van der Waals surface area contributed by atoms with Crippen molar-refractivity contribution in [2.75, 3.05) is 37.6 Å². The Kier molecular flexibility index (Phi) is 5.95. The third-order valence-corrected chi connectivity index (χ3v) is 5.24. The van der Waals surface area contributed by atoms with Gasteiger partial charge in [0, 0.05) is 38.3 Å². The van der Waals surface area contributed by atoms with E-state index in [0.717, 1.165) is 36.1 Å². The lowest BCUT2D eigenvalue weighted by Gasteiger charge is -2.37. The maximum absolute atomic E-state index is 12.1. The third kappa shape index (κ3) is 4.25. The normalized spacial score (nSPS) is 19.2. The molecule has 2 aliphatic heterocycles. The molecule has 3 N–H and O–H groups in total. The van der Waals surface area contributed by atoms with Gasteiger partial charge in [0.1, 0.15) is 0 Å². The number of imide groups is 1. The fourth-order valence-corrected chi connectivity index (χ4v) is 3.74. The monoisotopic (exact) mass is 374 g/mol. The minimum Gasteiger partial charge on any atom is -0.367 e. The lowest BCUT2D eigenvalue weighted by molar-refractivity contribution is -0.131. The number of para-hydroxylation sites is 1. The van der Waals surface area contributed by atoms with Crippen molar-refractivity contribution in [3.8, 4) is 0 Å². The number of benzene rings is 1. The van der Waals surface area contributed by atoms with Crippen LogP contribution in [0.25, 0.3) is 6.08 Å². The summed E-state index contributed by atoms with van der Waals surface area (Å²) in [7, 11) is 0. The molecule has 0 aliphatic carbocycles. The average Bonchev–Trinajstić information content (AvgIpc) is 2.97. The number of nitrogens with one attached hydrogen (secondary N) is 1.